The third-order valence-corrected chi connectivity index (χ3v) is 9.20. The lowest BCUT2D eigenvalue weighted by Crippen LogP contribution is -2.48. The molecule has 3 aliphatic rings. The van der Waals surface area contributed by atoms with Crippen LogP contribution in [0.15, 0.2) is 59.7 Å². The molecule has 1 fully saturated rings. The van der Waals surface area contributed by atoms with Crippen molar-refractivity contribution in [3.63, 3.8) is 0 Å². The number of amides is 2. The molecule has 4 heterocycles. The van der Waals surface area contributed by atoms with Crippen molar-refractivity contribution >= 4 is 38.6 Å². The van der Waals surface area contributed by atoms with Crippen molar-refractivity contribution in [3.05, 3.63) is 82.1 Å². The third kappa shape index (κ3) is 4.04. The molecule has 4 aromatic rings. The first-order chi connectivity index (χ1) is 19.5. The van der Waals surface area contributed by atoms with Crippen molar-refractivity contribution in [1.82, 2.24) is 29.8 Å². The van der Waals surface area contributed by atoms with Crippen molar-refractivity contribution in [2.75, 3.05) is 26.2 Å². The average Bonchev–Trinajstić information content (AvgIpc) is 3.56. The largest absolute Gasteiger partial charge is 0.474 e. The van der Waals surface area contributed by atoms with Gasteiger partial charge in [-0.25, -0.2) is 4.68 Å². The van der Waals surface area contributed by atoms with E-state index in [1.54, 1.807) is 11.1 Å². The van der Waals surface area contributed by atoms with Crippen LogP contribution in [0.25, 0.3) is 16.6 Å². The molecule has 40 heavy (non-hydrogen) atoms. The topological polar surface area (TPSA) is 96.4 Å². The molecule has 10 heteroatoms. The number of halogens is 1. The minimum atomic E-state index is -0.427. The number of aromatic nitrogens is 4. The monoisotopic (exact) mass is 600 g/mol. The Hall–Kier alpha value is -3.92. The molecule has 0 saturated heterocycles. The van der Waals surface area contributed by atoms with Gasteiger partial charge in [0.25, 0.3) is 5.91 Å². The first-order valence-electron chi connectivity index (χ1n) is 13.7. The summed E-state index contributed by atoms with van der Waals surface area (Å²) in [4.78, 5) is 30.5. The smallest absolute Gasteiger partial charge is 0.255 e. The highest BCUT2D eigenvalue weighted by Gasteiger charge is 2.40. The van der Waals surface area contributed by atoms with Crippen molar-refractivity contribution in [3.8, 4) is 11.6 Å². The standard InChI is InChI=1S/C30H29BrN6O3/c1-2-26(38)35-14-15-40-29-27-24(37(34-29)20-8-6-19(7-9-20)18-4-3-5-18)12-13-36(25(27)17-35)30(39)21-10-11-23(31)28-22(21)16-32-33-28/h2,6-11,16,18,25H,1,3-5,12-15,17H2,(H,32,33). The Labute approximate surface area is 239 Å². The Morgan fingerprint density at radius 1 is 1.12 bits per heavy atom. The van der Waals surface area contributed by atoms with Crippen molar-refractivity contribution < 1.29 is 14.3 Å². The fraction of sp³-hybridized carbons (Fsp3) is 0.333. The molecule has 1 N–H and O–H groups in total. The van der Waals surface area contributed by atoms with Crippen LogP contribution in [0, 0.1) is 0 Å². The van der Waals surface area contributed by atoms with Gasteiger partial charge in [-0.1, -0.05) is 25.1 Å². The van der Waals surface area contributed by atoms with Gasteiger partial charge in [-0.3, -0.25) is 14.7 Å². The normalized spacial score (nSPS) is 18.9. The molecule has 9 nitrogen and oxygen atoms in total. The van der Waals surface area contributed by atoms with Crippen LogP contribution in [-0.2, 0) is 11.2 Å². The fourth-order valence-corrected chi connectivity index (χ4v) is 6.60. The minimum absolute atomic E-state index is 0.121. The number of carbonyl (C=O) groups is 2. The minimum Gasteiger partial charge on any atom is -0.474 e. The SMILES string of the molecule is C=CC(=O)N1CCOc2nn(-c3ccc(C4CCC4)cc3)c3c2C(C1)N(C(=O)c1ccc(Br)c2[nH]ncc12)CC3. The predicted octanol–water partition coefficient (Wildman–Crippen LogP) is 4.93. The van der Waals surface area contributed by atoms with E-state index < -0.39 is 6.04 Å². The highest BCUT2D eigenvalue weighted by Crippen LogP contribution is 2.41. The second-order valence-corrected chi connectivity index (χ2v) is 11.5. The van der Waals surface area contributed by atoms with Gasteiger partial charge in [-0.05, 0) is 70.6 Å². The molecule has 2 aromatic carbocycles. The molecule has 1 atom stereocenters. The second-order valence-electron chi connectivity index (χ2n) is 10.7. The number of ether oxygens (including phenoxy) is 1. The Bertz CT molecular complexity index is 1640. The molecule has 1 aliphatic carbocycles. The summed E-state index contributed by atoms with van der Waals surface area (Å²) >= 11 is 3.54. The zero-order valence-corrected chi connectivity index (χ0v) is 23.6. The van der Waals surface area contributed by atoms with Crippen LogP contribution < -0.4 is 4.74 Å². The third-order valence-electron chi connectivity index (χ3n) is 8.54. The lowest BCUT2D eigenvalue weighted by Gasteiger charge is -2.40. The lowest BCUT2D eigenvalue weighted by molar-refractivity contribution is -0.127. The van der Waals surface area contributed by atoms with Crippen molar-refractivity contribution in [1.29, 1.82) is 0 Å². The Morgan fingerprint density at radius 2 is 1.95 bits per heavy atom. The molecule has 2 aromatic heterocycles. The number of aromatic amines is 1. The summed E-state index contributed by atoms with van der Waals surface area (Å²) in [6, 6.07) is 11.9. The van der Waals surface area contributed by atoms with Crippen LogP contribution in [0.1, 0.15) is 58.4 Å². The summed E-state index contributed by atoms with van der Waals surface area (Å²) in [6.07, 6.45) is 7.41. The Kier molecular flexibility index (Phi) is 6.22. The molecule has 2 amide bonds. The number of fused-ring (bicyclic) bond motifs is 1. The van der Waals surface area contributed by atoms with Crippen LogP contribution in [-0.4, -0.2) is 67.8 Å². The quantitative estimate of drug-likeness (QED) is 0.335. The molecule has 7 rings (SSSR count). The van der Waals surface area contributed by atoms with Crippen molar-refractivity contribution in [2.24, 2.45) is 0 Å². The van der Waals surface area contributed by atoms with E-state index in [1.165, 1.54) is 30.9 Å². The summed E-state index contributed by atoms with van der Waals surface area (Å²) in [7, 11) is 0. The first-order valence-corrected chi connectivity index (χ1v) is 14.5. The van der Waals surface area contributed by atoms with Gasteiger partial charge in [0.05, 0.1) is 46.8 Å². The maximum atomic E-state index is 14.2. The Balaban J connectivity index is 1.31. The van der Waals surface area contributed by atoms with E-state index in [0.717, 1.165) is 32.3 Å². The molecular weight excluding hydrogens is 572 g/mol. The van der Waals surface area contributed by atoms with Gasteiger partial charge in [0.1, 0.15) is 6.61 Å². The van der Waals surface area contributed by atoms with Gasteiger partial charge in [0.15, 0.2) is 0 Å². The summed E-state index contributed by atoms with van der Waals surface area (Å²) in [6.45, 7) is 5.19. The second kappa shape index (κ2) is 9.92. The molecule has 0 spiro atoms. The summed E-state index contributed by atoms with van der Waals surface area (Å²) in [5, 5.41) is 12.8. The predicted molar refractivity (Wildman–Crippen MR) is 154 cm³/mol. The van der Waals surface area contributed by atoms with Crippen LogP contribution >= 0.6 is 15.9 Å². The number of H-pyrrole nitrogens is 1. The maximum absolute atomic E-state index is 14.2. The van der Waals surface area contributed by atoms with Gasteiger partial charge in [-0.15, -0.1) is 5.10 Å². The van der Waals surface area contributed by atoms with Gasteiger partial charge < -0.3 is 14.5 Å². The molecule has 0 radical (unpaired) electrons. The molecule has 0 bridgehead atoms. The van der Waals surface area contributed by atoms with Crippen LogP contribution in [0.4, 0.5) is 0 Å². The number of hydrogen-bond donors (Lipinski definition) is 1. The van der Waals surface area contributed by atoms with E-state index in [1.807, 2.05) is 21.7 Å². The zero-order valence-electron chi connectivity index (χ0n) is 22.0. The van der Waals surface area contributed by atoms with Gasteiger partial charge >= 0.3 is 0 Å². The van der Waals surface area contributed by atoms with Gasteiger partial charge in [0, 0.05) is 29.4 Å². The highest BCUT2D eigenvalue weighted by molar-refractivity contribution is 9.10. The van der Waals surface area contributed by atoms with E-state index in [-0.39, 0.29) is 11.8 Å². The lowest BCUT2D eigenvalue weighted by atomic mass is 9.80. The number of benzene rings is 2. The maximum Gasteiger partial charge on any atom is 0.255 e. The number of carbonyl (C=O) groups excluding carboxylic acids is 2. The molecule has 1 saturated carbocycles. The van der Waals surface area contributed by atoms with E-state index in [2.05, 4.69) is 57.0 Å². The number of nitrogens with zero attached hydrogens (tertiary/aromatic N) is 5. The first kappa shape index (κ1) is 25.1. The Morgan fingerprint density at radius 3 is 2.70 bits per heavy atom. The highest BCUT2D eigenvalue weighted by atomic mass is 79.9. The van der Waals surface area contributed by atoms with Gasteiger partial charge in [0.2, 0.25) is 11.8 Å². The van der Waals surface area contributed by atoms with Gasteiger partial charge in [-0.2, -0.15) is 5.10 Å². The molecule has 1 unspecified atom stereocenters. The average molecular weight is 602 g/mol. The number of nitrogens with one attached hydrogen (secondary N) is 1. The van der Waals surface area contributed by atoms with E-state index >= 15 is 0 Å². The van der Waals surface area contributed by atoms with Crippen LogP contribution in [0.5, 0.6) is 5.88 Å². The summed E-state index contributed by atoms with van der Waals surface area (Å²) in [5.41, 5.74) is 5.55. The number of rotatable bonds is 4. The van der Waals surface area contributed by atoms with E-state index in [4.69, 9.17) is 9.84 Å². The van der Waals surface area contributed by atoms with E-state index in [9.17, 15) is 9.59 Å². The fourth-order valence-electron chi connectivity index (χ4n) is 6.16. The van der Waals surface area contributed by atoms with Crippen molar-refractivity contribution in [2.45, 2.75) is 37.6 Å². The molecular formula is C30H29BrN6O3. The van der Waals surface area contributed by atoms with E-state index in [0.29, 0.717) is 50.0 Å². The van der Waals surface area contributed by atoms with Crippen LogP contribution in [0.3, 0.4) is 0 Å². The zero-order chi connectivity index (χ0) is 27.4. The molecule has 204 valence electrons. The summed E-state index contributed by atoms with van der Waals surface area (Å²) < 4.78 is 8.98. The summed E-state index contributed by atoms with van der Waals surface area (Å²) in [5.74, 6) is 0.873. The molecule has 2 aliphatic heterocycles. The number of hydrogen-bond acceptors (Lipinski definition) is 5. The van der Waals surface area contributed by atoms with Crippen LogP contribution in [0.2, 0.25) is 0 Å².